The van der Waals surface area contributed by atoms with Crippen molar-refractivity contribution in [3.8, 4) is 5.75 Å². The Morgan fingerprint density at radius 2 is 1.61 bits per heavy atom. The fraction of sp³-hybridized carbons (Fsp3) is 0.276. The van der Waals surface area contributed by atoms with Crippen molar-refractivity contribution in [2.45, 2.75) is 32.3 Å². The Morgan fingerprint density at radius 3 is 2.42 bits per heavy atom. The maximum Gasteiger partial charge on any atom is 0.294 e. The highest BCUT2D eigenvalue weighted by Crippen LogP contribution is 2.34. The molecule has 2 heterocycles. The average Bonchev–Trinajstić information content (AvgIpc) is 3.08. The number of amides is 3. The first kappa shape index (κ1) is 24.1. The van der Waals surface area contributed by atoms with Crippen LogP contribution in [0.25, 0.3) is 16.8 Å². The van der Waals surface area contributed by atoms with Gasteiger partial charge in [0.15, 0.2) is 0 Å². The third-order valence-corrected chi connectivity index (χ3v) is 7.45. The minimum Gasteiger partial charge on any atom is -0.488 e. The predicted octanol–water partition coefficient (Wildman–Crippen LogP) is 5.86. The highest BCUT2D eigenvalue weighted by Gasteiger charge is 2.37. The molecule has 6 nitrogen and oxygen atoms in total. The number of thioether (sulfide) groups is 1. The first-order valence-corrected chi connectivity index (χ1v) is 13.1. The van der Waals surface area contributed by atoms with Gasteiger partial charge in [0.2, 0.25) is 5.91 Å². The molecule has 5 rings (SSSR count). The molecule has 7 heteroatoms. The second kappa shape index (κ2) is 11.0. The van der Waals surface area contributed by atoms with Crippen LogP contribution in [-0.4, -0.2) is 46.5 Å². The van der Waals surface area contributed by atoms with Crippen LogP contribution >= 0.6 is 11.8 Å². The first-order chi connectivity index (χ1) is 17.6. The van der Waals surface area contributed by atoms with Gasteiger partial charge in [-0.15, -0.1) is 0 Å². The number of fused-ring (bicyclic) bond motifs is 1. The molecule has 36 heavy (non-hydrogen) atoms. The van der Waals surface area contributed by atoms with Crippen LogP contribution in [0.3, 0.4) is 0 Å². The van der Waals surface area contributed by atoms with Crippen molar-refractivity contribution < 1.29 is 19.1 Å². The number of nitrogens with zero attached hydrogens (tertiary/aromatic N) is 2. The van der Waals surface area contributed by atoms with E-state index in [2.05, 4.69) is 24.3 Å². The number of carbonyl (C=O) groups is 3. The Morgan fingerprint density at radius 1 is 0.889 bits per heavy atom. The summed E-state index contributed by atoms with van der Waals surface area (Å²) in [5, 5.41) is 1.91. The van der Waals surface area contributed by atoms with Crippen molar-refractivity contribution >= 4 is 45.7 Å². The van der Waals surface area contributed by atoms with Crippen LogP contribution in [0.1, 0.15) is 36.8 Å². The highest BCUT2D eigenvalue weighted by molar-refractivity contribution is 8.18. The normalized spacial score (nSPS) is 17.6. The topological polar surface area (TPSA) is 66.9 Å². The van der Waals surface area contributed by atoms with E-state index in [1.165, 1.54) is 5.39 Å². The molecule has 0 bridgehead atoms. The van der Waals surface area contributed by atoms with Crippen LogP contribution in [0.5, 0.6) is 5.75 Å². The molecule has 0 saturated carbocycles. The molecule has 0 spiro atoms. The summed E-state index contributed by atoms with van der Waals surface area (Å²) in [4.78, 5) is 41.5. The van der Waals surface area contributed by atoms with Gasteiger partial charge in [-0.05, 0) is 59.1 Å². The lowest BCUT2D eigenvalue weighted by Crippen LogP contribution is -2.42. The Balaban J connectivity index is 1.28. The quantitative estimate of drug-likeness (QED) is 0.397. The molecule has 2 aliphatic heterocycles. The van der Waals surface area contributed by atoms with Gasteiger partial charge in [-0.3, -0.25) is 19.3 Å². The molecule has 3 amide bonds. The number of likely N-dealkylation sites (tertiary alicyclic amines) is 1. The summed E-state index contributed by atoms with van der Waals surface area (Å²) in [5.74, 6) is 0.0233. The molecule has 3 aromatic carbocycles. The van der Waals surface area contributed by atoms with E-state index in [0.29, 0.717) is 35.9 Å². The molecule has 0 radical (unpaired) electrons. The van der Waals surface area contributed by atoms with Gasteiger partial charge in [-0.1, -0.05) is 67.4 Å². The van der Waals surface area contributed by atoms with E-state index < -0.39 is 11.1 Å². The Bertz CT molecular complexity index is 1330. The first-order valence-electron chi connectivity index (χ1n) is 12.3. The zero-order valence-corrected chi connectivity index (χ0v) is 20.8. The number of imide groups is 1. The Kier molecular flexibility index (Phi) is 7.37. The predicted molar refractivity (Wildman–Crippen MR) is 142 cm³/mol. The van der Waals surface area contributed by atoms with Gasteiger partial charge in [0.25, 0.3) is 11.1 Å². The summed E-state index contributed by atoms with van der Waals surface area (Å²) in [6.45, 7) is 1.54. The van der Waals surface area contributed by atoms with E-state index in [1.807, 2.05) is 42.5 Å². The molecule has 2 fully saturated rings. The number of rotatable bonds is 6. The Labute approximate surface area is 214 Å². The van der Waals surface area contributed by atoms with Crippen molar-refractivity contribution in [1.29, 1.82) is 0 Å². The summed E-state index contributed by atoms with van der Waals surface area (Å²) in [5.41, 5.74) is 1.75. The third-order valence-electron chi connectivity index (χ3n) is 6.54. The highest BCUT2D eigenvalue weighted by atomic mass is 32.2. The number of para-hydroxylation sites is 1. The lowest BCUT2D eigenvalue weighted by Gasteiger charge is -2.22. The minimum atomic E-state index is -0.433. The molecule has 0 aliphatic carbocycles. The fourth-order valence-corrected chi connectivity index (χ4v) is 5.38. The number of ether oxygens (including phenoxy) is 1. The van der Waals surface area contributed by atoms with E-state index >= 15 is 0 Å². The summed E-state index contributed by atoms with van der Waals surface area (Å²) in [6, 6.07) is 21.8. The second-order valence-corrected chi connectivity index (χ2v) is 10.1. The van der Waals surface area contributed by atoms with Crippen LogP contribution < -0.4 is 4.74 Å². The summed E-state index contributed by atoms with van der Waals surface area (Å²) in [7, 11) is 0. The fourth-order valence-electron chi connectivity index (χ4n) is 4.55. The van der Waals surface area contributed by atoms with E-state index in [-0.39, 0.29) is 12.5 Å². The van der Waals surface area contributed by atoms with Gasteiger partial charge in [-0.2, -0.15) is 0 Å². The van der Waals surface area contributed by atoms with Crippen molar-refractivity contribution in [2.24, 2.45) is 0 Å². The zero-order chi connectivity index (χ0) is 24.9. The van der Waals surface area contributed by atoms with Crippen LogP contribution in [0, 0.1) is 0 Å². The van der Waals surface area contributed by atoms with Gasteiger partial charge in [0.05, 0.1) is 4.91 Å². The average molecular weight is 501 g/mol. The minimum absolute atomic E-state index is 0.167. The van der Waals surface area contributed by atoms with Gasteiger partial charge in [0.1, 0.15) is 18.9 Å². The lowest BCUT2D eigenvalue weighted by atomic mass is 10.1. The number of hydrogen-bond acceptors (Lipinski definition) is 5. The van der Waals surface area contributed by atoms with Crippen LogP contribution in [0.2, 0.25) is 0 Å². The van der Waals surface area contributed by atoms with E-state index in [4.69, 9.17) is 4.74 Å². The number of hydrogen-bond donors (Lipinski definition) is 0. The molecular formula is C29H28N2O4S. The summed E-state index contributed by atoms with van der Waals surface area (Å²) >= 11 is 0.866. The Hall–Kier alpha value is -3.58. The molecule has 184 valence electrons. The van der Waals surface area contributed by atoms with Crippen molar-refractivity contribution in [2.75, 3.05) is 19.6 Å². The number of benzene rings is 3. The standard InChI is InChI=1S/C29H28N2O4S/c32-27(30-15-7-1-2-8-16-30)19-31-28(33)26(36-29(31)34)18-24-11-5-6-12-25(24)35-20-21-13-14-22-9-3-4-10-23(22)17-21/h3-6,9-14,17-18H,1-2,7-8,15-16,19-20H2. The summed E-state index contributed by atoms with van der Waals surface area (Å²) in [6.07, 6.45) is 5.82. The maximum absolute atomic E-state index is 13.0. The molecule has 3 aromatic rings. The third kappa shape index (κ3) is 5.46. The van der Waals surface area contributed by atoms with Gasteiger partial charge >= 0.3 is 0 Å². The largest absolute Gasteiger partial charge is 0.488 e. The molecule has 0 atom stereocenters. The van der Waals surface area contributed by atoms with Crippen LogP contribution in [-0.2, 0) is 16.2 Å². The lowest BCUT2D eigenvalue weighted by molar-refractivity contribution is -0.135. The molecule has 2 saturated heterocycles. The van der Waals surface area contributed by atoms with Crippen LogP contribution in [0.4, 0.5) is 4.79 Å². The molecule has 2 aliphatic rings. The van der Waals surface area contributed by atoms with Gasteiger partial charge < -0.3 is 9.64 Å². The zero-order valence-electron chi connectivity index (χ0n) is 20.0. The van der Waals surface area contributed by atoms with E-state index in [9.17, 15) is 14.4 Å². The number of carbonyl (C=O) groups excluding carboxylic acids is 3. The molecular weight excluding hydrogens is 472 g/mol. The molecule has 0 unspecified atom stereocenters. The van der Waals surface area contributed by atoms with Gasteiger partial charge in [0, 0.05) is 18.7 Å². The SMILES string of the molecule is O=C(CN1C(=O)SC(=Cc2ccccc2OCc2ccc3ccccc3c2)C1=O)N1CCCCCC1. The summed E-state index contributed by atoms with van der Waals surface area (Å²) < 4.78 is 6.10. The van der Waals surface area contributed by atoms with Crippen LogP contribution in [0.15, 0.2) is 71.6 Å². The molecule has 0 aromatic heterocycles. The van der Waals surface area contributed by atoms with E-state index in [1.54, 1.807) is 11.0 Å². The van der Waals surface area contributed by atoms with Crippen molar-refractivity contribution in [3.05, 3.63) is 82.8 Å². The molecule has 0 N–H and O–H groups in total. The van der Waals surface area contributed by atoms with Gasteiger partial charge in [-0.25, -0.2) is 0 Å². The monoisotopic (exact) mass is 500 g/mol. The second-order valence-electron chi connectivity index (χ2n) is 9.07. The van der Waals surface area contributed by atoms with Crippen molar-refractivity contribution in [3.63, 3.8) is 0 Å². The maximum atomic E-state index is 13.0. The van der Waals surface area contributed by atoms with Crippen molar-refractivity contribution in [1.82, 2.24) is 9.80 Å². The smallest absolute Gasteiger partial charge is 0.294 e. The van der Waals surface area contributed by atoms with E-state index in [0.717, 1.165) is 53.3 Å².